The van der Waals surface area contributed by atoms with Crippen LogP contribution in [0, 0.1) is 5.82 Å². The van der Waals surface area contributed by atoms with Crippen molar-refractivity contribution in [3.05, 3.63) is 35.0 Å². The van der Waals surface area contributed by atoms with Crippen molar-refractivity contribution in [3.8, 4) is 11.3 Å². The van der Waals surface area contributed by atoms with E-state index in [1.54, 1.807) is 4.90 Å². The Hall–Kier alpha value is -3.06. The molecular weight excluding hydrogens is 531 g/mol. The predicted octanol–water partition coefficient (Wildman–Crippen LogP) is 3.71. The summed E-state index contributed by atoms with van der Waals surface area (Å²) in [4.78, 5) is 27.2. The molecule has 13 heteroatoms. The highest BCUT2D eigenvalue weighted by atomic mass is 35.5. The molecule has 208 valence electrons. The van der Waals surface area contributed by atoms with Crippen LogP contribution in [-0.2, 0) is 14.2 Å². The van der Waals surface area contributed by atoms with Gasteiger partial charge in [-0.1, -0.05) is 11.6 Å². The number of amides is 1. The molecule has 1 amide bonds. The molecule has 2 bridgehead atoms. The fourth-order valence-corrected chi connectivity index (χ4v) is 5.94. The van der Waals surface area contributed by atoms with E-state index < -0.39 is 18.0 Å². The molecule has 0 saturated carbocycles. The SMILES string of the molecule is COC(=O)N1CC[C@@H](c2nc3c(F)cc(-c4nc(NC5C[C@@H]6OC[C@@H](O6)[C@H]5O)ncc4Cl)cc3n2C(C)C)C1. The third-order valence-electron chi connectivity index (χ3n) is 7.62. The molecule has 3 aliphatic rings. The number of carbonyl (C=O) groups is 1. The number of fused-ring (bicyclic) bond motifs is 3. The first-order chi connectivity index (χ1) is 18.7. The van der Waals surface area contributed by atoms with E-state index in [4.69, 9.17) is 30.8 Å². The minimum Gasteiger partial charge on any atom is -0.453 e. The van der Waals surface area contributed by atoms with Crippen LogP contribution in [0.25, 0.3) is 22.3 Å². The molecule has 0 aliphatic carbocycles. The first-order valence-electron chi connectivity index (χ1n) is 13.0. The fourth-order valence-electron chi connectivity index (χ4n) is 5.74. The molecule has 3 fully saturated rings. The van der Waals surface area contributed by atoms with Crippen LogP contribution >= 0.6 is 11.6 Å². The molecule has 5 heterocycles. The minimum atomic E-state index is -0.787. The third kappa shape index (κ3) is 4.69. The Morgan fingerprint density at radius 2 is 2.15 bits per heavy atom. The quantitative estimate of drug-likeness (QED) is 0.480. The molecule has 1 unspecified atom stereocenters. The van der Waals surface area contributed by atoms with Gasteiger partial charge in [-0.05, 0) is 32.4 Å². The number of likely N-dealkylation sites (tertiary alicyclic amines) is 1. The van der Waals surface area contributed by atoms with Crippen molar-refractivity contribution in [2.75, 3.05) is 32.1 Å². The molecule has 0 spiro atoms. The van der Waals surface area contributed by atoms with Crippen LogP contribution in [0.2, 0.25) is 5.02 Å². The monoisotopic (exact) mass is 560 g/mol. The summed E-state index contributed by atoms with van der Waals surface area (Å²) < 4.78 is 33.5. The van der Waals surface area contributed by atoms with Gasteiger partial charge in [0.25, 0.3) is 0 Å². The lowest BCUT2D eigenvalue weighted by Gasteiger charge is -2.32. The average molecular weight is 561 g/mol. The van der Waals surface area contributed by atoms with E-state index in [2.05, 4.69) is 15.3 Å². The number of methoxy groups -OCH3 is 1. The van der Waals surface area contributed by atoms with E-state index in [9.17, 15) is 9.90 Å². The summed E-state index contributed by atoms with van der Waals surface area (Å²) in [5.41, 5.74) is 1.70. The number of carbonyl (C=O) groups excluding carboxylic acids is 1. The molecular formula is C26H30ClFN6O5. The Kier molecular flexibility index (Phi) is 6.82. The van der Waals surface area contributed by atoms with Gasteiger partial charge in [0.05, 0.1) is 42.2 Å². The van der Waals surface area contributed by atoms with Crippen LogP contribution in [0.5, 0.6) is 0 Å². The number of halogens is 2. The minimum absolute atomic E-state index is 0.0162. The highest BCUT2D eigenvalue weighted by molar-refractivity contribution is 6.33. The number of nitrogens with one attached hydrogen (secondary N) is 1. The van der Waals surface area contributed by atoms with Gasteiger partial charge >= 0.3 is 6.09 Å². The van der Waals surface area contributed by atoms with Gasteiger partial charge in [0.15, 0.2) is 12.1 Å². The first-order valence-corrected chi connectivity index (χ1v) is 13.4. The van der Waals surface area contributed by atoms with Crippen molar-refractivity contribution in [3.63, 3.8) is 0 Å². The van der Waals surface area contributed by atoms with E-state index in [0.717, 1.165) is 5.82 Å². The number of aromatic nitrogens is 4. The maximum absolute atomic E-state index is 15.6. The lowest BCUT2D eigenvalue weighted by atomic mass is 10.0. The van der Waals surface area contributed by atoms with Gasteiger partial charge in [0, 0.05) is 37.0 Å². The normalized spacial score (nSPS) is 26.5. The molecule has 2 aromatic heterocycles. The summed E-state index contributed by atoms with van der Waals surface area (Å²) in [6.45, 7) is 5.36. The molecule has 2 N–H and O–H groups in total. The maximum atomic E-state index is 15.6. The second kappa shape index (κ2) is 10.2. The Bertz CT molecular complexity index is 1420. The van der Waals surface area contributed by atoms with Gasteiger partial charge in [-0.25, -0.2) is 24.1 Å². The Morgan fingerprint density at radius 3 is 2.92 bits per heavy atom. The number of hydrogen-bond donors (Lipinski definition) is 2. The van der Waals surface area contributed by atoms with E-state index >= 15 is 4.39 Å². The molecule has 5 atom stereocenters. The number of hydrogen-bond acceptors (Lipinski definition) is 9. The summed E-state index contributed by atoms with van der Waals surface area (Å²) in [7, 11) is 1.36. The summed E-state index contributed by atoms with van der Waals surface area (Å²) in [5.74, 6) is 0.435. The molecule has 6 rings (SSSR count). The highest BCUT2D eigenvalue weighted by Crippen LogP contribution is 2.36. The van der Waals surface area contributed by atoms with Crippen LogP contribution in [0.3, 0.4) is 0 Å². The molecule has 39 heavy (non-hydrogen) atoms. The number of benzene rings is 1. The Balaban J connectivity index is 1.35. The summed E-state index contributed by atoms with van der Waals surface area (Å²) in [5, 5.41) is 14.0. The average Bonchev–Trinajstić information content (AvgIpc) is 3.65. The molecule has 0 radical (unpaired) electrons. The number of nitrogens with zero attached hydrogens (tertiary/aromatic N) is 5. The van der Waals surface area contributed by atoms with Crippen LogP contribution in [0.15, 0.2) is 18.3 Å². The summed E-state index contributed by atoms with van der Waals surface area (Å²) in [6.07, 6.45) is 0.635. The number of ether oxygens (including phenoxy) is 3. The second-order valence-corrected chi connectivity index (χ2v) is 10.9. The molecule has 3 aromatic rings. The number of imidazole rings is 1. The van der Waals surface area contributed by atoms with Crippen molar-refractivity contribution in [1.82, 2.24) is 24.4 Å². The zero-order chi connectivity index (χ0) is 27.4. The third-order valence-corrected chi connectivity index (χ3v) is 7.90. The Labute approximate surface area is 229 Å². The van der Waals surface area contributed by atoms with Gasteiger partial charge < -0.3 is 34.1 Å². The number of rotatable bonds is 5. The first kappa shape index (κ1) is 26.2. The topological polar surface area (TPSA) is 124 Å². The van der Waals surface area contributed by atoms with E-state index in [0.29, 0.717) is 49.3 Å². The summed E-state index contributed by atoms with van der Waals surface area (Å²) in [6, 6.07) is 2.81. The zero-order valence-corrected chi connectivity index (χ0v) is 22.6. The van der Waals surface area contributed by atoms with Gasteiger partial charge in [-0.3, -0.25) is 0 Å². The number of aliphatic hydroxyl groups excluding tert-OH is 1. The van der Waals surface area contributed by atoms with Crippen molar-refractivity contribution in [2.45, 2.75) is 63.2 Å². The largest absolute Gasteiger partial charge is 0.453 e. The molecule has 1 aromatic carbocycles. The van der Waals surface area contributed by atoms with Gasteiger partial charge in [-0.2, -0.15) is 0 Å². The van der Waals surface area contributed by atoms with Crippen molar-refractivity contribution in [1.29, 1.82) is 0 Å². The van der Waals surface area contributed by atoms with E-state index in [1.165, 1.54) is 19.4 Å². The maximum Gasteiger partial charge on any atom is 0.409 e. The lowest BCUT2D eigenvalue weighted by Crippen LogP contribution is -2.48. The van der Waals surface area contributed by atoms with Crippen LogP contribution < -0.4 is 5.32 Å². The van der Waals surface area contributed by atoms with E-state index in [-0.39, 0.29) is 46.9 Å². The molecule has 3 aliphatic heterocycles. The zero-order valence-electron chi connectivity index (χ0n) is 21.8. The number of anilines is 1. The molecule has 11 nitrogen and oxygen atoms in total. The fraction of sp³-hybridized carbons (Fsp3) is 0.538. The van der Waals surface area contributed by atoms with Crippen molar-refractivity contribution >= 4 is 34.7 Å². The van der Waals surface area contributed by atoms with Gasteiger partial charge in [0.2, 0.25) is 5.95 Å². The highest BCUT2D eigenvalue weighted by Gasteiger charge is 2.43. The second-order valence-electron chi connectivity index (χ2n) is 10.5. The van der Waals surface area contributed by atoms with Crippen molar-refractivity contribution < 1.29 is 28.5 Å². The van der Waals surface area contributed by atoms with Crippen LogP contribution in [0.1, 0.15) is 44.5 Å². The Morgan fingerprint density at radius 1 is 1.33 bits per heavy atom. The van der Waals surface area contributed by atoms with Crippen molar-refractivity contribution in [2.24, 2.45) is 0 Å². The van der Waals surface area contributed by atoms with E-state index in [1.807, 2.05) is 24.5 Å². The number of aliphatic hydroxyl groups is 1. The lowest BCUT2D eigenvalue weighted by molar-refractivity contribution is -0.123. The standard InChI is InChI=1S/C26H30ClFN6O5/c1-12(2)34-18-7-14(6-16(28)22(18)31-24(34)13-4-5-33(10-13)26(36)37-3)21-15(27)9-29-25(32-21)30-17-8-20-38-11-19(39-20)23(17)35/h6-7,9,12-13,17,19-20,23,35H,4-5,8,10-11H2,1-3H3,(H,29,30,32)/t13-,17?,19-,20-,23+/m1/s1. The molecule has 3 saturated heterocycles. The predicted molar refractivity (Wildman–Crippen MR) is 140 cm³/mol. The smallest absolute Gasteiger partial charge is 0.409 e. The van der Waals surface area contributed by atoms with Gasteiger partial charge in [0.1, 0.15) is 23.5 Å². The summed E-state index contributed by atoms with van der Waals surface area (Å²) >= 11 is 6.50. The van der Waals surface area contributed by atoms with Crippen LogP contribution in [0.4, 0.5) is 15.1 Å². The van der Waals surface area contributed by atoms with Gasteiger partial charge in [-0.15, -0.1) is 0 Å². The van der Waals surface area contributed by atoms with Crippen LogP contribution in [-0.4, -0.2) is 87.0 Å².